The Morgan fingerprint density at radius 2 is 1.74 bits per heavy atom. The zero-order valence-corrected chi connectivity index (χ0v) is 18.8. The van der Waals surface area contributed by atoms with Gasteiger partial charge < -0.3 is 15.0 Å². The highest BCUT2D eigenvalue weighted by Crippen LogP contribution is 2.29. The van der Waals surface area contributed by atoms with Crippen molar-refractivity contribution in [2.75, 3.05) is 17.3 Å². The Bertz CT molecular complexity index is 1210. The SMILES string of the molecule is COc1ccc(CN2C(=O)N(c3ccc(C)cc3)C(=O)[C@@H]2CC(=O)Nc2cccc(F)c2)cc1. The number of ether oxygens (including phenoxy) is 1. The minimum Gasteiger partial charge on any atom is -0.497 e. The molecule has 1 atom stereocenters. The van der Waals surface area contributed by atoms with E-state index in [4.69, 9.17) is 4.74 Å². The molecule has 34 heavy (non-hydrogen) atoms. The third kappa shape index (κ3) is 4.91. The number of carbonyl (C=O) groups is 3. The van der Waals surface area contributed by atoms with Gasteiger partial charge in [0.2, 0.25) is 5.91 Å². The predicted molar refractivity (Wildman–Crippen MR) is 126 cm³/mol. The summed E-state index contributed by atoms with van der Waals surface area (Å²) in [6.45, 7) is 2.04. The quantitative estimate of drug-likeness (QED) is 0.525. The Hall–Kier alpha value is -4.20. The fraction of sp³-hybridized carbons (Fsp3) is 0.192. The van der Waals surface area contributed by atoms with Crippen LogP contribution in [-0.4, -0.2) is 35.9 Å². The van der Waals surface area contributed by atoms with Crippen LogP contribution < -0.4 is 15.0 Å². The lowest BCUT2D eigenvalue weighted by molar-refractivity contribution is -0.124. The minimum absolute atomic E-state index is 0.134. The van der Waals surface area contributed by atoms with Crippen molar-refractivity contribution in [3.05, 3.63) is 89.7 Å². The van der Waals surface area contributed by atoms with Gasteiger partial charge in [0.15, 0.2) is 0 Å². The first-order valence-corrected chi connectivity index (χ1v) is 10.8. The van der Waals surface area contributed by atoms with E-state index in [2.05, 4.69) is 5.32 Å². The lowest BCUT2D eigenvalue weighted by Crippen LogP contribution is -2.37. The van der Waals surface area contributed by atoms with E-state index in [1.165, 1.54) is 23.1 Å². The number of benzene rings is 3. The number of halogens is 1. The number of carbonyl (C=O) groups excluding carboxylic acids is 3. The molecule has 0 bridgehead atoms. The number of aryl methyl sites for hydroxylation is 1. The summed E-state index contributed by atoms with van der Waals surface area (Å²) in [5.74, 6) is -0.810. The highest BCUT2D eigenvalue weighted by molar-refractivity contribution is 6.22. The number of nitrogens with one attached hydrogen (secondary N) is 1. The Balaban J connectivity index is 1.60. The van der Waals surface area contributed by atoms with Crippen molar-refractivity contribution < 1.29 is 23.5 Å². The molecule has 0 spiro atoms. The van der Waals surface area contributed by atoms with Gasteiger partial charge in [-0.25, -0.2) is 14.1 Å². The summed E-state index contributed by atoms with van der Waals surface area (Å²) in [6, 6.07) is 18.1. The van der Waals surface area contributed by atoms with Gasteiger partial charge in [-0.2, -0.15) is 0 Å². The molecule has 0 unspecified atom stereocenters. The Morgan fingerprint density at radius 1 is 1.03 bits per heavy atom. The topological polar surface area (TPSA) is 79.0 Å². The second-order valence-corrected chi connectivity index (χ2v) is 8.05. The average molecular weight is 461 g/mol. The van der Waals surface area contributed by atoms with E-state index >= 15 is 0 Å². The van der Waals surface area contributed by atoms with E-state index in [1.54, 1.807) is 49.6 Å². The highest BCUT2D eigenvalue weighted by Gasteiger charge is 2.46. The van der Waals surface area contributed by atoms with Gasteiger partial charge in [0.25, 0.3) is 5.91 Å². The molecule has 1 N–H and O–H groups in total. The first-order valence-electron chi connectivity index (χ1n) is 10.8. The number of nitrogens with zero attached hydrogens (tertiary/aromatic N) is 2. The number of hydrogen-bond donors (Lipinski definition) is 1. The normalized spacial score (nSPS) is 15.6. The largest absolute Gasteiger partial charge is 0.497 e. The van der Waals surface area contributed by atoms with Crippen LogP contribution in [0.4, 0.5) is 20.6 Å². The first-order chi connectivity index (χ1) is 16.4. The van der Waals surface area contributed by atoms with Crippen molar-refractivity contribution in [1.82, 2.24) is 4.90 Å². The number of amides is 4. The monoisotopic (exact) mass is 461 g/mol. The Morgan fingerprint density at radius 3 is 2.38 bits per heavy atom. The van der Waals surface area contributed by atoms with Crippen molar-refractivity contribution in [3.8, 4) is 5.75 Å². The van der Waals surface area contributed by atoms with E-state index in [1.807, 2.05) is 19.1 Å². The Labute approximate surface area is 196 Å². The third-order valence-electron chi connectivity index (χ3n) is 5.61. The van der Waals surface area contributed by atoms with Crippen molar-refractivity contribution in [2.45, 2.75) is 25.9 Å². The maximum Gasteiger partial charge on any atom is 0.332 e. The van der Waals surface area contributed by atoms with Crippen molar-refractivity contribution in [3.63, 3.8) is 0 Å². The molecule has 8 heteroatoms. The summed E-state index contributed by atoms with van der Waals surface area (Å²) in [6.07, 6.45) is -0.264. The van der Waals surface area contributed by atoms with Gasteiger partial charge in [-0.15, -0.1) is 0 Å². The van der Waals surface area contributed by atoms with Crippen LogP contribution in [0.25, 0.3) is 0 Å². The summed E-state index contributed by atoms with van der Waals surface area (Å²) in [5.41, 5.74) is 2.49. The van der Waals surface area contributed by atoms with Crippen LogP contribution in [0.5, 0.6) is 5.75 Å². The molecule has 174 valence electrons. The predicted octanol–water partition coefficient (Wildman–Crippen LogP) is 4.51. The molecule has 1 aliphatic rings. The van der Waals surface area contributed by atoms with E-state index in [0.717, 1.165) is 16.0 Å². The van der Waals surface area contributed by atoms with Crippen molar-refractivity contribution in [1.29, 1.82) is 0 Å². The number of anilines is 2. The molecule has 0 aliphatic carbocycles. The van der Waals surface area contributed by atoms with E-state index < -0.39 is 29.7 Å². The number of methoxy groups -OCH3 is 1. The third-order valence-corrected chi connectivity index (χ3v) is 5.61. The standard InChI is InChI=1S/C26H24FN3O4/c1-17-6-10-21(11-7-17)30-25(32)23(15-24(31)28-20-5-3-4-19(27)14-20)29(26(30)33)16-18-8-12-22(34-2)13-9-18/h3-14,23H,15-16H2,1-2H3,(H,28,31)/t23-/m0/s1. The zero-order valence-electron chi connectivity index (χ0n) is 18.8. The summed E-state index contributed by atoms with van der Waals surface area (Å²) < 4.78 is 18.7. The molecule has 0 radical (unpaired) electrons. The van der Waals surface area contributed by atoms with Crippen LogP contribution in [-0.2, 0) is 16.1 Å². The molecule has 3 aromatic rings. The van der Waals surface area contributed by atoms with Gasteiger partial charge in [0.1, 0.15) is 17.6 Å². The molecular formula is C26H24FN3O4. The highest BCUT2D eigenvalue weighted by atomic mass is 19.1. The van der Waals surface area contributed by atoms with Crippen molar-refractivity contribution >= 4 is 29.2 Å². The van der Waals surface area contributed by atoms with Gasteiger partial charge in [-0.1, -0.05) is 35.9 Å². The van der Waals surface area contributed by atoms with Gasteiger partial charge in [0.05, 0.1) is 19.2 Å². The summed E-state index contributed by atoms with van der Waals surface area (Å²) in [7, 11) is 1.56. The molecule has 3 aromatic carbocycles. The van der Waals surface area contributed by atoms with Crippen molar-refractivity contribution in [2.24, 2.45) is 0 Å². The van der Waals surface area contributed by atoms with E-state index in [-0.39, 0.29) is 18.7 Å². The second-order valence-electron chi connectivity index (χ2n) is 8.05. The summed E-state index contributed by atoms with van der Waals surface area (Å²) in [5, 5.41) is 2.60. The lowest BCUT2D eigenvalue weighted by Gasteiger charge is -2.22. The van der Waals surface area contributed by atoms with Crippen LogP contribution in [0.3, 0.4) is 0 Å². The molecule has 1 aliphatic heterocycles. The van der Waals surface area contributed by atoms with Crippen LogP contribution in [0.15, 0.2) is 72.8 Å². The van der Waals surface area contributed by atoms with Gasteiger partial charge >= 0.3 is 6.03 Å². The molecule has 0 saturated carbocycles. The molecule has 1 heterocycles. The van der Waals surface area contributed by atoms with Gasteiger partial charge in [-0.3, -0.25) is 9.59 Å². The zero-order chi connectivity index (χ0) is 24.2. The number of urea groups is 1. The fourth-order valence-electron chi connectivity index (χ4n) is 3.83. The summed E-state index contributed by atoms with van der Waals surface area (Å²) >= 11 is 0. The summed E-state index contributed by atoms with van der Waals surface area (Å²) in [4.78, 5) is 41.9. The molecule has 4 amide bonds. The van der Waals surface area contributed by atoms with Gasteiger partial charge in [-0.05, 0) is 55.0 Å². The number of rotatable bonds is 7. The van der Waals surface area contributed by atoms with Crippen LogP contribution in [0, 0.1) is 12.7 Å². The smallest absolute Gasteiger partial charge is 0.332 e. The van der Waals surface area contributed by atoms with Crippen LogP contribution in [0.1, 0.15) is 17.5 Å². The molecule has 0 aromatic heterocycles. The van der Waals surface area contributed by atoms with Crippen LogP contribution in [0.2, 0.25) is 0 Å². The average Bonchev–Trinajstić information content (AvgIpc) is 3.04. The minimum atomic E-state index is -1.01. The molecule has 1 saturated heterocycles. The van der Waals surface area contributed by atoms with Gasteiger partial charge in [0, 0.05) is 12.2 Å². The number of hydrogen-bond acceptors (Lipinski definition) is 4. The maximum absolute atomic E-state index is 13.5. The van der Waals surface area contributed by atoms with E-state index in [0.29, 0.717) is 11.4 Å². The molecular weight excluding hydrogens is 437 g/mol. The maximum atomic E-state index is 13.5. The molecule has 7 nitrogen and oxygen atoms in total. The molecule has 4 rings (SSSR count). The van der Waals surface area contributed by atoms with E-state index in [9.17, 15) is 18.8 Å². The lowest BCUT2D eigenvalue weighted by atomic mass is 10.1. The second kappa shape index (κ2) is 9.74. The van der Waals surface area contributed by atoms with Crippen LogP contribution >= 0.6 is 0 Å². The first kappa shape index (κ1) is 23.0. The number of imide groups is 1. The Kier molecular flexibility index (Phi) is 6.58. The molecule has 1 fully saturated rings. The fourth-order valence-corrected chi connectivity index (χ4v) is 3.83.